The summed E-state index contributed by atoms with van der Waals surface area (Å²) in [5.41, 5.74) is 4.04. The first-order chi connectivity index (χ1) is 7.92. The average molecular weight is 248 g/mol. The molecule has 0 radical (unpaired) electrons. The fourth-order valence-electron chi connectivity index (χ4n) is 1.02. The van der Waals surface area contributed by atoms with E-state index in [9.17, 15) is 4.79 Å². The summed E-state index contributed by atoms with van der Waals surface area (Å²) in [6.07, 6.45) is 4.45. The van der Waals surface area contributed by atoms with Crippen LogP contribution in [0.1, 0.15) is 11.3 Å². The minimum Gasteiger partial charge on any atom is -0.466 e. The van der Waals surface area contributed by atoms with Crippen molar-refractivity contribution in [1.82, 2.24) is 0 Å². The quantitative estimate of drug-likeness (QED) is 0.349. The average Bonchev–Trinajstić information content (AvgIpc) is 2.69. The van der Waals surface area contributed by atoms with E-state index < -0.39 is 14.0 Å². The third kappa shape index (κ3) is 4.75. The van der Waals surface area contributed by atoms with Gasteiger partial charge in [0.05, 0.1) is 18.9 Å². The van der Waals surface area contributed by atoms with Gasteiger partial charge in [0.25, 0.3) is 0 Å². The molecule has 0 unspecified atom stereocenters. The molecule has 17 heavy (non-hydrogen) atoms. The van der Waals surface area contributed by atoms with E-state index in [0.717, 1.165) is 5.56 Å². The van der Waals surface area contributed by atoms with Crippen LogP contribution in [0.3, 0.4) is 0 Å². The Balaban J connectivity index is 2.90. The third-order valence-electron chi connectivity index (χ3n) is 1.84. The summed E-state index contributed by atoms with van der Waals surface area (Å²) in [5.74, 6) is 3.26. The molecule has 1 aromatic rings. The van der Waals surface area contributed by atoms with E-state index in [1.165, 1.54) is 13.2 Å². The predicted octanol–water partition coefficient (Wildman–Crippen LogP) is 2.69. The zero-order valence-electron chi connectivity index (χ0n) is 10.5. The van der Waals surface area contributed by atoms with Crippen LogP contribution in [0, 0.1) is 11.5 Å². The molecule has 0 fully saturated rings. The number of carbonyl (C=O) groups is 1. The lowest BCUT2D eigenvalue weighted by Gasteiger charge is -2.02. The van der Waals surface area contributed by atoms with Crippen molar-refractivity contribution in [3.8, 4) is 11.5 Å². The molecule has 1 heterocycles. The molecule has 0 aliphatic carbocycles. The topological polar surface area (TPSA) is 39.4 Å². The first-order valence-corrected chi connectivity index (χ1v) is 8.79. The van der Waals surface area contributed by atoms with Crippen LogP contribution in [0.4, 0.5) is 0 Å². The molecule has 0 aliphatic heterocycles. The van der Waals surface area contributed by atoms with Gasteiger partial charge in [-0.05, 0) is 12.1 Å². The van der Waals surface area contributed by atoms with Crippen LogP contribution in [0.25, 0.3) is 6.08 Å². The number of ether oxygens (including phenoxy) is 1. The highest BCUT2D eigenvalue weighted by Crippen LogP contribution is 2.11. The first-order valence-electron chi connectivity index (χ1n) is 5.29. The van der Waals surface area contributed by atoms with Crippen molar-refractivity contribution in [2.75, 3.05) is 7.11 Å². The monoisotopic (exact) mass is 248 g/mol. The van der Waals surface area contributed by atoms with E-state index in [-0.39, 0.29) is 0 Å². The highest BCUT2D eigenvalue weighted by atomic mass is 28.3. The van der Waals surface area contributed by atoms with Crippen LogP contribution in [-0.4, -0.2) is 21.2 Å². The van der Waals surface area contributed by atoms with Crippen molar-refractivity contribution >= 4 is 20.1 Å². The van der Waals surface area contributed by atoms with Gasteiger partial charge in [-0.2, -0.15) is 0 Å². The van der Waals surface area contributed by atoms with Crippen LogP contribution in [-0.2, 0) is 9.53 Å². The van der Waals surface area contributed by atoms with Crippen molar-refractivity contribution in [2.45, 2.75) is 19.6 Å². The van der Waals surface area contributed by atoms with Crippen LogP contribution >= 0.6 is 0 Å². The van der Waals surface area contributed by atoms with Gasteiger partial charge in [-0.1, -0.05) is 25.6 Å². The number of furan rings is 1. The molecule has 4 heteroatoms. The largest absolute Gasteiger partial charge is 0.466 e. The molecule has 0 bridgehead atoms. The molecular weight excluding hydrogens is 232 g/mol. The molecule has 1 aromatic heterocycles. The van der Waals surface area contributed by atoms with Gasteiger partial charge in [0, 0.05) is 6.08 Å². The Labute approximate surface area is 102 Å². The van der Waals surface area contributed by atoms with Gasteiger partial charge in [0.15, 0.2) is 0 Å². The molecule has 3 nitrogen and oxygen atoms in total. The normalized spacial score (nSPS) is 11.1. The zero-order valence-corrected chi connectivity index (χ0v) is 11.5. The summed E-state index contributed by atoms with van der Waals surface area (Å²) in [4.78, 5) is 11.0. The second-order valence-corrected chi connectivity index (χ2v) is 9.31. The van der Waals surface area contributed by atoms with Gasteiger partial charge in [0.2, 0.25) is 0 Å². The number of methoxy groups -OCH3 is 1. The Morgan fingerprint density at radius 3 is 2.76 bits per heavy atom. The van der Waals surface area contributed by atoms with Gasteiger partial charge in [0.1, 0.15) is 13.8 Å². The number of rotatable bonds is 2. The standard InChI is InChI=1S/C13H16O3Si/c1-15-13(14)6-5-12-11(7-9-16-12)8-10-17(2,3)4/h5-7,9H,1-4H3/b6-5+. The molecule has 90 valence electrons. The highest BCUT2D eigenvalue weighted by Gasteiger charge is 2.08. The van der Waals surface area contributed by atoms with Crippen molar-refractivity contribution < 1.29 is 13.9 Å². The molecular formula is C13H16O3Si. The lowest BCUT2D eigenvalue weighted by molar-refractivity contribution is -0.134. The van der Waals surface area contributed by atoms with Crippen molar-refractivity contribution in [2.24, 2.45) is 0 Å². The van der Waals surface area contributed by atoms with Gasteiger partial charge in [-0.25, -0.2) is 4.79 Å². The summed E-state index contributed by atoms with van der Waals surface area (Å²) in [5, 5.41) is 0. The van der Waals surface area contributed by atoms with Crippen molar-refractivity contribution in [3.63, 3.8) is 0 Å². The molecule has 0 atom stereocenters. The Bertz CT molecular complexity index is 481. The maximum Gasteiger partial charge on any atom is 0.330 e. The molecule has 1 rings (SSSR count). The first kappa shape index (κ1) is 13.3. The predicted molar refractivity (Wildman–Crippen MR) is 70.0 cm³/mol. The van der Waals surface area contributed by atoms with Crippen LogP contribution < -0.4 is 0 Å². The maximum absolute atomic E-state index is 11.0. The van der Waals surface area contributed by atoms with E-state index >= 15 is 0 Å². The van der Waals surface area contributed by atoms with Gasteiger partial charge in [-0.3, -0.25) is 0 Å². The zero-order chi connectivity index (χ0) is 12.9. The fraction of sp³-hybridized carbons (Fsp3) is 0.308. The third-order valence-corrected chi connectivity index (χ3v) is 2.71. The SMILES string of the molecule is COC(=O)/C=C/c1occc1C#C[Si](C)(C)C. The van der Waals surface area contributed by atoms with Crippen LogP contribution in [0.5, 0.6) is 0 Å². The van der Waals surface area contributed by atoms with E-state index in [1.807, 2.05) is 0 Å². The summed E-state index contributed by atoms with van der Waals surface area (Å²) in [7, 11) is -0.0724. The Kier molecular flexibility index (Phi) is 4.35. The summed E-state index contributed by atoms with van der Waals surface area (Å²) < 4.78 is 9.75. The Morgan fingerprint density at radius 1 is 1.47 bits per heavy atom. The molecule has 0 spiro atoms. The summed E-state index contributed by atoms with van der Waals surface area (Å²) in [6, 6.07) is 1.80. The smallest absolute Gasteiger partial charge is 0.330 e. The molecule has 0 amide bonds. The van der Waals surface area contributed by atoms with E-state index in [1.54, 1.807) is 18.4 Å². The lowest BCUT2D eigenvalue weighted by atomic mass is 10.2. The van der Waals surface area contributed by atoms with Gasteiger partial charge >= 0.3 is 5.97 Å². The number of carbonyl (C=O) groups excluding carboxylic acids is 1. The van der Waals surface area contributed by atoms with Crippen molar-refractivity contribution in [3.05, 3.63) is 29.7 Å². The van der Waals surface area contributed by atoms with Crippen LogP contribution in [0.15, 0.2) is 22.8 Å². The molecule has 0 aromatic carbocycles. The Morgan fingerprint density at radius 2 is 2.18 bits per heavy atom. The minimum atomic E-state index is -1.41. The number of hydrogen-bond donors (Lipinski definition) is 0. The summed E-state index contributed by atoms with van der Waals surface area (Å²) in [6.45, 7) is 6.51. The van der Waals surface area contributed by atoms with Gasteiger partial charge in [-0.15, -0.1) is 5.54 Å². The minimum absolute atomic E-state index is 0.412. The number of hydrogen-bond acceptors (Lipinski definition) is 3. The number of esters is 1. The molecule has 0 saturated carbocycles. The van der Waals surface area contributed by atoms with E-state index in [2.05, 4.69) is 35.8 Å². The second kappa shape index (κ2) is 5.55. The molecule has 0 N–H and O–H groups in total. The van der Waals surface area contributed by atoms with Gasteiger partial charge < -0.3 is 9.15 Å². The molecule has 0 aliphatic rings. The van der Waals surface area contributed by atoms with E-state index in [0.29, 0.717) is 5.76 Å². The second-order valence-electron chi connectivity index (χ2n) is 4.56. The van der Waals surface area contributed by atoms with Crippen molar-refractivity contribution in [1.29, 1.82) is 0 Å². The lowest BCUT2D eigenvalue weighted by Crippen LogP contribution is -2.16. The maximum atomic E-state index is 11.0. The van der Waals surface area contributed by atoms with Crippen LogP contribution in [0.2, 0.25) is 19.6 Å². The Hall–Kier alpha value is -1.73. The summed E-state index contributed by atoms with van der Waals surface area (Å²) >= 11 is 0. The fourth-order valence-corrected chi connectivity index (χ4v) is 1.53. The highest BCUT2D eigenvalue weighted by molar-refractivity contribution is 6.83. The molecule has 0 saturated heterocycles. The van der Waals surface area contributed by atoms with E-state index in [4.69, 9.17) is 4.42 Å².